The predicted octanol–water partition coefficient (Wildman–Crippen LogP) is 1.12. The van der Waals surface area contributed by atoms with Gasteiger partial charge in [0.05, 0.1) is 0 Å². The van der Waals surface area contributed by atoms with Gasteiger partial charge in [-0.3, -0.25) is 0 Å². The lowest BCUT2D eigenvalue weighted by molar-refractivity contribution is 0.429. The monoisotopic (exact) mass is 292 g/mol. The van der Waals surface area contributed by atoms with Crippen molar-refractivity contribution in [2.75, 3.05) is 32.7 Å². The lowest BCUT2D eigenvalue weighted by Gasteiger charge is -2.22. The Morgan fingerprint density at radius 2 is 1.86 bits per heavy atom. The third-order valence-electron chi connectivity index (χ3n) is 3.54. The summed E-state index contributed by atoms with van der Waals surface area (Å²) in [5, 5.41) is 10.6. The van der Waals surface area contributed by atoms with Gasteiger partial charge in [-0.15, -0.1) is 0 Å². The summed E-state index contributed by atoms with van der Waals surface area (Å²) in [6.45, 7) is 9.09. The third kappa shape index (κ3) is 8.83. The molecule has 0 amide bonds. The van der Waals surface area contributed by atoms with E-state index in [1.807, 2.05) is 0 Å². The quantitative estimate of drug-likeness (QED) is 0.436. The van der Waals surface area contributed by atoms with Gasteiger partial charge in [0.15, 0.2) is 0 Å². The van der Waals surface area contributed by atoms with Crippen molar-refractivity contribution in [3.05, 3.63) is 35.9 Å². The molecule has 21 heavy (non-hydrogen) atoms. The number of nitrogens with two attached hydrogens (primary N) is 1. The first-order chi connectivity index (χ1) is 10.3. The average molecular weight is 292 g/mol. The van der Waals surface area contributed by atoms with E-state index in [9.17, 15) is 0 Å². The maximum Gasteiger partial charge on any atom is 0.0233 e. The minimum atomic E-state index is 0.450. The Hall–Kier alpha value is -0.940. The highest BCUT2D eigenvalue weighted by molar-refractivity contribution is 5.16. The summed E-state index contributed by atoms with van der Waals surface area (Å²) < 4.78 is 0. The summed E-state index contributed by atoms with van der Waals surface area (Å²) in [4.78, 5) is 0. The van der Waals surface area contributed by atoms with Gasteiger partial charge in [0.1, 0.15) is 0 Å². The summed E-state index contributed by atoms with van der Waals surface area (Å²) in [7, 11) is 0. The van der Waals surface area contributed by atoms with Crippen molar-refractivity contribution in [3.63, 3.8) is 0 Å². The van der Waals surface area contributed by atoms with E-state index in [4.69, 9.17) is 5.73 Å². The Bertz CT molecular complexity index is 342. The Morgan fingerprint density at radius 1 is 1.10 bits per heavy atom. The van der Waals surface area contributed by atoms with Gasteiger partial charge in [-0.05, 0) is 45.0 Å². The molecule has 0 aliphatic carbocycles. The summed E-state index contributed by atoms with van der Waals surface area (Å²) in [5.74, 6) is 0. The fraction of sp³-hybridized carbons (Fsp3) is 0.647. The molecule has 4 nitrogen and oxygen atoms in total. The van der Waals surface area contributed by atoms with Gasteiger partial charge >= 0.3 is 0 Å². The molecule has 120 valence electrons. The lowest BCUT2D eigenvalue weighted by atomic mass is 10.1. The smallest absolute Gasteiger partial charge is 0.0233 e. The van der Waals surface area contributed by atoms with Crippen LogP contribution in [0.2, 0.25) is 0 Å². The SMILES string of the molecule is CCN[C@H](C)CN[C@H](CNCCCN)Cc1ccccc1. The minimum absolute atomic E-state index is 0.450. The van der Waals surface area contributed by atoms with Gasteiger partial charge in [0.2, 0.25) is 0 Å². The maximum absolute atomic E-state index is 5.54. The van der Waals surface area contributed by atoms with Gasteiger partial charge in [-0.1, -0.05) is 37.3 Å². The van der Waals surface area contributed by atoms with Crippen LogP contribution in [0.15, 0.2) is 30.3 Å². The molecule has 0 radical (unpaired) electrons. The number of hydrogen-bond donors (Lipinski definition) is 4. The summed E-state index contributed by atoms with van der Waals surface area (Å²) in [5.41, 5.74) is 6.92. The largest absolute Gasteiger partial charge is 0.330 e. The van der Waals surface area contributed by atoms with Crippen LogP contribution in [0, 0.1) is 0 Å². The van der Waals surface area contributed by atoms with Crippen molar-refractivity contribution in [3.8, 4) is 0 Å². The summed E-state index contributed by atoms with van der Waals surface area (Å²) in [6, 6.07) is 11.6. The van der Waals surface area contributed by atoms with Crippen LogP contribution in [0.3, 0.4) is 0 Å². The second-order valence-electron chi connectivity index (χ2n) is 5.60. The number of rotatable bonds is 12. The van der Waals surface area contributed by atoms with E-state index < -0.39 is 0 Å². The molecule has 1 aromatic carbocycles. The average Bonchev–Trinajstić information content (AvgIpc) is 2.50. The van der Waals surface area contributed by atoms with Gasteiger partial charge in [0.25, 0.3) is 0 Å². The standard InChI is InChI=1S/C17H32N4/c1-3-20-15(2)13-21-17(14-19-11-7-10-18)12-16-8-5-4-6-9-16/h4-6,8-9,15,17,19-21H,3,7,10-14,18H2,1-2H3/t15-,17+/m1/s1. The predicted molar refractivity (Wildman–Crippen MR) is 91.6 cm³/mol. The van der Waals surface area contributed by atoms with Crippen molar-refractivity contribution < 1.29 is 0 Å². The van der Waals surface area contributed by atoms with Crippen LogP contribution < -0.4 is 21.7 Å². The minimum Gasteiger partial charge on any atom is -0.330 e. The molecule has 0 heterocycles. The Balaban J connectivity index is 2.41. The fourth-order valence-electron chi connectivity index (χ4n) is 2.38. The van der Waals surface area contributed by atoms with E-state index in [0.29, 0.717) is 12.1 Å². The molecular formula is C17H32N4. The molecule has 1 aromatic rings. The number of hydrogen-bond acceptors (Lipinski definition) is 4. The molecule has 0 unspecified atom stereocenters. The normalized spacial score (nSPS) is 14.0. The van der Waals surface area contributed by atoms with Crippen molar-refractivity contribution in [1.82, 2.24) is 16.0 Å². The van der Waals surface area contributed by atoms with Crippen LogP contribution in [0.4, 0.5) is 0 Å². The van der Waals surface area contributed by atoms with Gasteiger partial charge < -0.3 is 21.7 Å². The van der Waals surface area contributed by atoms with E-state index in [0.717, 1.165) is 45.6 Å². The highest BCUT2D eigenvalue weighted by Crippen LogP contribution is 2.03. The van der Waals surface area contributed by atoms with Crippen LogP contribution in [0.25, 0.3) is 0 Å². The molecule has 0 aromatic heterocycles. The van der Waals surface area contributed by atoms with Gasteiger partial charge in [-0.2, -0.15) is 0 Å². The molecule has 0 saturated heterocycles. The van der Waals surface area contributed by atoms with Crippen LogP contribution in [-0.2, 0) is 6.42 Å². The van der Waals surface area contributed by atoms with E-state index >= 15 is 0 Å². The topological polar surface area (TPSA) is 62.1 Å². The lowest BCUT2D eigenvalue weighted by Crippen LogP contribution is -2.46. The van der Waals surface area contributed by atoms with E-state index in [1.165, 1.54) is 5.56 Å². The summed E-state index contributed by atoms with van der Waals surface area (Å²) >= 11 is 0. The van der Waals surface area contributed by atoms with Crippen molar-refractivity contribution in [2.45, 2.75) is 38.8 Å². The van der Waals surface area contributed by atoms with Crippen molar-refractivity contribution >= 4 is 0 Å². The number of nitrogens with one attached hydrogen (secondary N) is 3. The van der Waals surface area contributed by atoms with Crippen molar-refractivity contribution in [2.24, 2.45) is 5.73 Å². The molecule has 0 aliphatic heterocycles. The Labute approximate surface area is 129 Å². The van der Waals surface area contributed by atoms with Gasteiger partial charge in [0, 0.05) is 25.2 Å². The molecule has 0 aliphatic rings. The zero-order valence-electron chi connectivity index (χ0n) is 13.6. The van der Waals surface area contributed by atoms with E-state index in [2.05, 4.69) is 60.1 Å². The number of likely N-dealkylation sites (N-methyl/N-ethyl adjacent to an activating group) is 1. The first-order valence-corrected chi connectivity index (χ1v) is 8.17. The molecule has 5 N–H and O–H groups in total. The molecule has 4 heteroatoms. The van der Waals surface area contributed by atoms with Crippen molar-refractivity contribution in [1.29, 1.82) is 0 Å². The number of benzene rings is 1. The Morgan fingerprint density at radius 3 is 2.52 bits per heavy atom. The highest BCUT2D eigenvalue weighted by atomic mass is 15.0. The molecule has 0 bridgehead atoms. The van der Waals surface area contributed by atoms with Crippen LogP contribution in [-0.4, -0.2) is 44.8 Å². The zero-order valence-corrected chi connectivity index (χ0v) is 13.6. The Kier molecular flexibility index (Phi) is 10.1. The van der Waals surface area contributed by atoms with E-state index in [1.54, 1.807) is 0 Å². The molecule has 0 fully saturated rings. The molecule has 1 rings (SSSR count). The molecule has 0 saturated carbocycles. The molecule has 2 atom stereocenters. The second-order valence-corrected chi connectivity index (χ2v) is 5.60. The first kappa shape index (κ1) is 18.1. The van der Waals surface area contributed by atoms with E-state index in [-0.39, 0.29) is 0 Å². The van der Waals surface area contributed by atoms with Gasteiger partial charge in [-0.25, -0.2) is 0 Å². The fourth-order valence-corrected chi connectivity index (χ4v) is 2.38. The molecular weight excluding hydrogens is 260 g/mol. The first-order valence-electron chi connectivity index (χ1n) is 8.17. The third-order valence-corrected chi connectivity index (χ3v) is 3.54. The molecule has 0 spiro atoms. The second kappa shape index (κ2) is 11.7. The van der Waals surface area contributed by atoms with Crippen LogP contribution in [0.5, 0.6) is 0 Å². The maximum atomic E-state index is 5.54. The zero-order chi connectivity index (χ0) is 15.3. The van der Waals surface area contributed by atoms with Crippen LogP contribution >= 0.6 is 0 Å². The van der Waals surface area contributed by atoms with Crippen LogP contribution in [0.1, 0.15) is 25.8 Å². The highest BCUT2D eigenvalue weighted by Gasteiger charge is 2.10. The summed E-state index contributed by atoms with van der Waals surface area (Å²) in [6.07, 6.45) is 2.08.